The molecule has 4 bridgehead atoms. The summed E-state index contributed by atoms with van der Waals surface area (Å²) in [5.41, 5.74) is -0.336. The molecule has 3 aromatic carbocycles. The number of ether oxygens (including phenoxy) is 6. The Morgan fingerprint density at radius 2 is 1.80 bits per heavy atom. The predicted molar refractivity (Wildman–Crippen MR) is 241 cm³/mol. The number of esters is 1. The number of methoxy groups -OCH3 is 1. The maximum atomic E-state index is 14.7. The highest BCUT2D eigenvalue weighted by Gasteiger charge is 2.49. The molecule has 0 saturated carbocycles. The van der Waals surface area contributed by atoms with Crippen molar-refractivity contribution in [3.63, 3.8) is 0 Å². The summed E-state index contributed by atoms with van der Waals surface area (Å²) in [6.45, 7) is 13.4. The molecule has 3 N–H and O–H groups in total. The molecule has 7 atom stereocenters. The van der Waals surface area contributed by atoms with Gasteiger partial charge in [-0.25, -0.2) is 4.98 Å². The molecule has 6 rings (SSSR count). The molecule has 3 unspecified atom stereocenters. The molecule has 0 fully saturated rings. The highest BCUT2D eigenvalue weighted by molar-refractivity contribution is 6.26. The van der Waals surface area contributed by atoms with E-state index >= 15 is 0 Å². The number of amides is 1. The molecule has 1 amide bonds. The second-order valence-electron chi connectivity index (χ2n) is 17.2. The van der Waals surface area contributed by atoms with Crippen molar-refractivity contribution in [1.82, 2.24) is 9.88 Å². The normalized spacial score (nSPS) is 26.4. The number of aromatic hydroxyl groups is 1. The molecule has 2 aliphatic rings. The monoisotopic (exact) mass is 885 g/mol. The second-order valence-corrected chi connectivity index (χ2v) is 17.2. The van der Waals surface area contributed by atoms with Gasteiger partial charge < -0.3 is 53.3 Å². The third kappa shape index (κ3) is 10.1. The lowest BCUT2D eigenvalue weighted by Crippen LogP contribution is -2.42. The zero-order chi connectivity index (χ0) is 46.6. The summed E-state index contributed by atoms with van der Waals surface area (Å²) in [6.07, 6.45) is 6.26. The quantitative estimate of drug-likeness (QED) is 0.0524. The standard InChI is InChI=1S/C48H59N3O13/c1-25-12-11-13-27(3)47(57)50-40-42(55)37-36(39-45(40)63-35-24-31(14-15-32(35)49-39)60-21-20-59-19-17-51(8)9)38-44(29(5)41(37)54)64-48(7,46(38)56)61-18-16-34(58-10)28(4)43(62-30(6)52)33(53)23-26(2)22-25/h11-16,18,24-26,28,33-34,43,53,55H,17,19-23H2,1-10H3,(H,50,57)/b12-11+,18-16+,27-13-/t25?,26-,28-,33?,34+,43?,48+/m1/s1. The van der Waals surface area contributed by atoms with E-state index < -0.39 is 58.9 Å². The van der Waals surface area contributed by atoms with E-state index in [-0.39, 0.29) is 74.0 Å². The Labute approximate surface area is 371 Å². The van der Waals surface area contributed by atoms with Gasteiger partial charge in [0, 0.05) is 56.0 Å². The van der Waals surface area contributed by atoms with Gasteiger partial charge in [0.2, 0.25) is 0 Å². The Morgan fingerprint density at radius 1 is 1.05 bits per heavy atom. The van der Waals surface area contributed by atoms with Crippen LogP contribution in [0.4, 0.5) is 5.69 Å². The first kappa shape index (κ1) is 47.7. The van der Waals surface area contributed by atoms with Gasteiger partial charge in [0.05, 0.1) is 42.6 Å². The van der Waals surface area contributed by atoms with Crippen molar-refractivity contribution in [1.29, 1.82) is 0 Å². The molecule has 16 nitrogen and oxygen atoms in total. The lowest BCUT2D eigenvalue weighted by atomic mass is 9.86. The fourth-order valence-electron chi connectivity index (χ4n) is 8.19. The van der Waals surface area contributed by atoms with Crippen molar-refractivity contribution in [3.05, 3.63) is 75.7 Å². The maximum absolute atomic E-state index is 14.7. The average Bonchev–Trinajstić information content (AvgIpc) is 3.50. The first-order valence-electron chi connectivity index (χ1n) is 21.4. The van der Waals surface area contributed by atoms with Crippen LogP contribution < -0.4 is 20.2 Å². The van der Waals surface area contributed by atoms with Crippen LogP contribution >= 0.6 is 0 Å². The van der Waals surface area contributed by atoms with Gasteiger partial charge in [-0.05, 0) is 70.8 Å². The van der Waals surface area contributed by atoms with Crippen molar-refractivity contribution < 1.29 is 57.4 Å². The number of anilines is 1. The number of hydrogen-bond acceptors (Lipinski definition) is 15. The van der Waals surface area contributed by atoms with Crippen molar-refractivity contribution in [3.8, 4) is 17.2 Å². The van der Waals surface area contributed by atoms with Crippen LogP contribution in [0.3, 0.4) is 0 Å². The number of allylic oxidation sites excluding steroid dienone is 3. The van der Waals surface area contributed by atoms with E-state index in [2.05, 4.69) is 5.32 Å². The van der Waals surface area contributed by atoms with Crippen LogP contribution in [-0.2, 0) is 28.5 Å². The maximum Gasteiger partial charge on any atom is 0.312 e. The van der Waals surface area contributed by atoms with Gasteiger partial charge in [0.25, 0.3) is 11.7 Å². The zero-order valence-corrected chi connectivity index (χ0v) is 38.1. The van der Waals surface area contributed by atoms with Crippen LogP contribution in [0.5, 0.6) is 17.2 Å². The molecule has 0 spiro atoms. The minimum absolute atomic E-state index is 0.000906. The van der Waals surface area contributed by atoms with E-state index in [0.29, 0.717) is 37.3 Å². The number of aliphatic hydroxyl groups excluding tert-OH is 1. The lowest BCUT2D eigenvalue weighted by Gasteiger charge is -2.33. The summed E-state index contributed by atoms with van der Waals surface area (Å²) < 4.78 is 41.7. The number of Topliss-reactive ketones (excluding diaryl/α,β-unsaturated/α-hetero) is 1. The number of aromatic nitrogens is 1. The summed E-state index contributed by atoms with van der Waals surface area (Å²) in [6, 6.07) is 4.95. The highest BCUT2D eigenvalue weighted by Crippen LogP contribution is 2.48. The van der Waals surface area contributed by atoms with Gasteiger partial charge in [-0.15, -0.1) is 0 Å². The molecule has 16 heteroatoms. The number of likely N-dealkylation sites (N-methyl/N-ethyl adjacent to an activating group) is 1. The Hall–Kier alpha value is -5.81. The van der Waals surface area contributed by atoms with Gasteiger partial charge in [-0.3, -0.25) is 19.2 Å². The number of hydrogen-bond donors (Lipinski definition) is 3. The number of nitrogens with zero attached hydrogens (tertiary/aromatic N) is 2. The first-order valence-corrected chi connectivity index (χ1v) is 21.4. The average molecular weight is 886 g/mol. The fraction of sp³-hybridized carbons (Fsp3) is 0.479. The largest absolute Gasteiger partial charge is 0.505 e. The van der Waals surface area contributed by atoms with E-state index in [9.17, 15) is 29.4 Å². The van der Waals surface area contributed by atoms with Gasteiger partial charge in [-0.2, -0.15) is 0 Å². The van der Waals surface area contributed by atoms with Crippen molar-refractivity contribution in [2.45, 2.75) is 85.4 Å². The van der Waals surface area contributed by atoms with Gasteiger partial charge >= 0.3 is 11.8 Å². The molecule has 0 aliphatic carbocycles. The Bertz CT molecular complexity index is 2580. The number of aliphatic hydroxyl groups is 1. The number of nitrogens with one attached hydrogen (secondary N) is 1. The molecule has 0 radical (unpaired) electrons. The first-order chi connectivity index (χ1) is 30.3. The fourth-order valence-corrected chi connectivity index (χ4v) is 8.19. The SMILES string of the molecule is CO[C@H]1/C=C/O[C@@]2(C)Oc3c(C)c(=O)c4c(O)c(c5oc6cc(OCCOCCN(C)C)ccc6nc5c4c3C2=O)NC(=O)/C(C)=C\C=C\C(C)C[C@@H](C)CC(O)C(OC(C)=O)[C@@H]1C. The summed E-state index contributed by atoms with van der Waals surface area (Å²) in [5, 5.41) is 25.9. The van der Waals surface area contributed by atoms with Gasteiger partial charge in [0.15, 0.2) is 22.3 Å². The number of fused-ring (bicyclic) bond motifs is 2. The molecule has 0 saturated heterocycles. The van der Waals surface area contributed by atoms with Gasteiger partial charge in [0.1, 0.15) is 40.9 Å². The summed E-state index contributed by atoms with van der Waals surface area (Å²) in [4.78, 5) is 62.1. The third-order valence-electron chi connectivity index (χ3n) is 11.6. The smallest absolute Gasteiger partial charge is 0.312 e. The molecule has 2 aliphatic heterocycles. The topological polar surface area (TPSA) is 205 Å². The molecule has 1 aromatic heterocycles. The van der Waals surface area contributed by atoms with Crippen LogP contribution in [-0.4, -0.2) is 109 Å². The highest BCUT2D eigenvalue weighted by atomic mass is 16.7. The Kier molecular flexibility index (Phi) is 14.8. The molecule has 64 heavy (non-hydrogen) atoms. The van der Waals surface area contributed by atoms with E-state index in [1.807, 2.05) is 38.9 Å². The minimum atomic E-state index is -2.03. The third-order valence-corrected chi connectivity index (χ3v) is 11.6. The van der Waals surface area contributed by atoms with Crippen molar-refractivity contribution >= 4 is 56.3 Å². The van der Waals surface area contributed by atoms with Gasteiger partial charge in [-0.1, -0.05) is 39.0 Å². The van der Waals surface area contributed by atoms with Crippen molar-refractivity contribution in [2.75, 3.05) is 52.9 Å². The van der Waals surface area contributed by atoms with Crippen LogP contribution in [0.2, 0.25) is 0 Å². The lowest BCUT2D eigenvalue weighted by molar-refractivity contribution is -0.160. The molecular formula is C48H59N3O13. The van der Waals surface area contributed by atoms with Crippen LogP contribution in [0, 0.1) is 24.7 Å². The zero-order valence-electron chi connectivity index (χ0n) is 38.1. The number of carbonyl (C=O) groups is 3. The number of phenols is 1. The van der Waals surface area contributed by atoms with Crippen LogP contribution in [0.15, 0.2) is 63.6 Å². The van der Waals surface area contributed by atoms with E-state index in [1.165, 1.54) is 40.2 Å². The number of benzene rings is 3. The van der Waals surface area contributed by atoms with Crippen LogP contribution in [0.1, 0.15) is 70.3 Å². The Morgan fingerprint density at radius 3 is 2.50 bits per heavy atom. The molecule has 344 valence electrons. The van der Waals surface area contributed by atoms with Crippen molar-refractivity contribution in [2.24, 2.45) is 17.8 Å². The number of rotatable bonds is 9. The van der Waals surface area contributed by atoms with E-state index in [4.69, 9.17) is 37.8 Å². The summed E-state index contributed by atoms with van der Waals surface area (Å²) in [7, 11) is 5.37. The Balaban J connectivity index is 1.51. The predicted octanol–water partition coefficient (Wildman–Crippen LogP) is 6.74. The molecule has 4 aromatic rings. The number of ketones is 1. The number of phenolic OH excluding ortho intramolecular Hbond substituents is 1. The van der Waals surface area contributed by atoms with Crippen LogP contribution in [0.25, 0.3) is 33.0 Å². The van der Waals surface area contributed by atoms with E-state index in [1.54, 1.807) is 44.2 Å². The molecule has 3 heterocycles. The minimum Gasteiger partial charge on any atom is -0.505 e. The number of carbonyl (C=O) groups excluding carboxylic acids is 3. The molecular weight excluding hydrogens is 827 g/mol. The second kappa shape index (κ2) is 19.9. The summed E-state index contributed by atoms with van der Waals surface area (Å²) in [5.74, 6) is -4.75. The summed E-state index contributed by atoms with van der Waals surface area (Å²) >= 11 is 0. The van der Waals surface area contributed by atoms with E-state index in [0.717, 1.165) is 6.54 Å².